The molecule has 0 heterocycles. The largest absolute Gasteiger partial charge is 0.300 e. The SMILES string of the molecule is C=C1C[C@@]2(C)C(CC[C@@H]2C(C)=O)C2CCC3=CC(=O)CC(C)[C@]3(C)C12. The Morgan fingerprint density at radius 2 is 1.96 bits per heavy atom. The maximum absolute atomic E-state index is 12.3. The molecule has 0 aromatic heterocycles. The molecule has 0 saturated heterocycles. The van der Waals surface area contributed by atoms with Gasteiger partial charge in [-0.25, -0.2) is 0 Å². The zero-order valence-electron chi connectivity index (χ0n) is 16.2. The fraction of sp³-hybridized carbons (Fsp3) is 0.739. The lowest BCUT2D eigenvalue weighted by Crippen LogP contribution is -2.54. The molecule has 0 radical (unpaired) electrons. The third-order valence-electron chi connectivity index (χ3n) is 8.84. The number of carbonyl (C=O) groups excluding carboxylic acids is 2. The van der Waals surface area contributed by atoms with Crippen LogP contribution in [0.2, 0.25) is 0 Å². The average molecular weight is 341 g/mol. The lowest BCUT2D eigenvalue weighted by atomic mass is 9.44. The van der Waals surface area contributed by atoms with Crippen LogP contribution in [0.5, 0.6) is 0 Å². The number of allylic oxidation sites excluding steroid dienone is 2. The van der Waals surface area contributed by atoms with E-state index in [0.717, 1.165) is 25.7 Å². The van der Waals surface area contributed by atoms with Crippen molar-refractivity contribution >= 4 is 11.6 Å². The molecule has 3 saturated carbocycles. The van der Waals surface area contributed by atoms with Crippen LogP contribution < -0.4 is 0 Å². The van der Waals surface area contributed by atoms with Gasteiger partial charge >= 0.3 is 0 Å². The molecule has 0 spiro atoms. The zero-order chi connectivity index (χ0) is 18.1. The van der Waals surface area contributed by atoms with Gasteiger partial charge in [-0.15, -0.1) is 0 Å². The number of hydrogen-bond donors (Lipinski definition) is 0. The normalized spacial score (nSPS) is 49.1. The van der Waals surface area contributed by atoms with E-state index in [9.17, 15) is 9.59 Å². The van der Waals surface area contributed by atoms with Crippen molar-refractivity contribution in [2.45, 2.75) is 66.2 Å². The van der Waals surface area contributed by atoms with Gasteiger partial charge in [-0.3, -0.25) is 9.59 Å². The van der Waals surface area contributed by atoms with E-state index in [0.29, 0.717) is 41.7 Å². The molecule has 4 unspecified atom stereocenters. The van der Waals surface area contributed by atoms with Crippen LogP contribution in [0.4, 0.5) is 0 Å². The first kappa shape index (κ1) is 17.2. The summed E-state index contributed by atoms with van der Waals surface area (Å²) in [6, 6.07) is 0. The van der Waals surface area contributed by atoms with Crippen molar-refractivity contribution in [3.05, 3.63) is 23.8 Å². The van der Waals surface area contributed by atoms with Gasteiger partial charge < -0.3 is 0 Å². The van der Waals surface area contributed by atoms with Crippen molar-refractivity contribution in [3.63, 3.8) is 0 Å². The Hall–Kier alpha value is -1.18. The Bertz CT molecular complexity index is 686. The summed E-state index contributed by atoms with van der Waals surface area (Å²) in [5, 5.41) is 0. The van der Waals surface area contributed by atoms with E-state index in [1.165, 1.54) is 17.6 Å². The number of rotatable bonds is 1. The minimum Gasteiger partial charge on any atom is -0.300 e. The van der Waals surface area contributed by atoms with Crippen molar-refractivity contribution in [2.75, 3.05) is 0 Å². The second-order valence-electron chi connectivity index (χ2n) is 9.89. The van der Waals surface area contributed by atoms with Crippen LogP contribution in [0.1, 0.15) is 66.2 Å². The molecule has 4 aliphatic carbocycles. The van der Waals surface area contributed by atoms with E-state index in [2.05, 4.69) is 27.4 Å². The van der Waals surface area contributed by atoms with Gasteiger partial charge in [0.2, 0.25) is 0 Å². The maximum atomic E-state index is 12.3. The summed E-state index contributed by atoms with van der Waals surface area (Å²) in [4.78, 5) is 24.4. The standard InChI is InChI=1S/C23H32O2/c1-13-12-22(4)19(15(3)24)8-9-20(22)18-7-6-16-11-17(25)10-14(2)23(16,5)21(13)18/h11,14,18-21H,1,6-10,12H2,2-5H3/t14?,18?,19-,20?,21?,22-,23+/m1/s1. The van der Waals surface area contributed by atoms with E-state index in [1.54, 1.807) is 6.92 Å². The minimum atomic E-state index is 0.0869. The first-order valence-corrected chi connectivity index (χ1v) is 10.1. The molecule has 0 amide bonds. The quantitative estimate of drug-likeness (QED) is 0.620. The van der Waals surface area contributed by atoms with Crippen LogP contribution in [0, 0.1) is 40.4 Å². The van der Waals surface area contributed by atoms with Gasteiger partial charge in [0.15, 0.2) is 5.78 Å². The highest BCUT2D eigenvalue weighted by Crippen LogP contribution is 2.68. The Balaban J connectivity index is 1.77. The van der Waals surface area contributed by atoms with Crippen molar-refractivity contribution in [3.8, 4) is 0 Å². The van der Waals surface area contributed by atoms with Gasteiger partial charge in [0.25, 0.3) is 0 Å². The summed E-state index contributed by atoms with van der Waals surface area (Å²) in [5.41, 5.74) is 2.92. The van der Waals surface area contributed by atoms with Crippen molar-refractivity contribution in [1.29, 1.82) is 0 Å². The summed E-state index contributed by atoms with van der Waals surface area (Å²) in [6.45, 7) is 13.4. The Morgan fingerprint density at radius 1 is 1.24 bits per heavy atom. The Morgan fingerprint density at radius 3 is 2.64 bits per heavy atom. The van der Waals surface area contributed by atoms with Gasteiger partial charge in [-0.2, -0.15) is 0 Å². The van der Waals surface area contributed by atoms with E-state index >= 15 is 0 Å². The summed E-state index contributed by atoms with van der Waals surface area (Å²) in [5.74, 6) is 3.04. The molecule has 3 fully saturated rings. The number of fused-ring (bicyclic) bond motifs is 5. The molecule has 4 rings (SSSR count). The first-order valence-electron chi connectivity index (χ1n) is 10.1. The predicted molar refractivity (Wildman–Crippen MR) is 100.0 cm³/mol. The maximum Gasteiger partial charge on any atom is 0.155 e. The molecular weight excluding hydrogens is 308 g/mol. The van der Waals surface area contributed by atoms with Gasteiger partial charge in [-0.05, 0) is 79.6 Å². The molecule has 0 bridgehead atoms. The topological polar surface area (TPSA) is 34.1 Å². The Labute approximate surface area is 152 Å². The van der Waals surface area contributed by atoms with Crippen LogP contribution in [0.15, 0.2) is 23.8 Å². The fourth-order valence-corrected chi connectivity index (χ4v) is 7.67. The second-order valence-corrected chi connectivity index (χ2v) is 9.89. The highest BCUT2D eigenvalue weighted by molar-refractivity contribution is 5.92. The highest BCUT2D eigenvalue weighted by Gasteiger charge is 2.61. The van der Waals surface area contributed by atoms with E-state index in [4.69, 9.17) is 0 Å². The molecule has 7 atom stereocenters. The number of ketones is 2. The molecule has 0 N–H and O–H groups in total. The summed E-state index contributed by atoms with van der Waals surface area (Å²) in [6.07, 6.45) is 8.10. The van der Waals surface area contributed by atoms with E-state index < -0.39 is 0 Å². The monoisotopic (exact) mass is 340 g/mol. The highest BCUT2D eigenvalue weighted by atomic mass is 16.1. The predicted octanol–water partition coefficient (Wildman–Crippen LogP) is 5.14. The third kappa shape index (κ3) is 2.15. The molecule has 25 heavy (non-hydrogen) atoms. The fourth-order valence-electron chi connectivity index (χ4n) is 7.67. The first-order chi connectivity index (χ1) is 11.7. The van der Waals surface area contributed by atoms with Crippen LogP contribution in [0.3, 0.4) is 0 Å². The molecular formula is C23H32O2. The van der Waals surface area contributed by atoms with Gasteiger partial charge in [0, 0.05) is 12.3 Å². The van der Waals surface area contributed by atoms with Crippen LogP contribution in [-0.2, 0) is 9.59 Å². The number of carbonyl (C=O) groups is 2. The van der Waals surface area contributed by atoms with Gasteiger partial charge in [0.05, 0.1) is 0 Å². The summed E-state index contributed by atoms with van der Waals surface area (Å²) in [7, 11) is 0. The molecule has 0 aliphatic heterocycles. The smallest absolute Gasteiger partial charge is 0.155 e. The summed E-state index contributed by atoms with van der Waals surface area (Å²) >= 11 is 0. The van der Waals surface area contributed by atoms with Crippen molar-refractivity contribution in [1.82, 2.24) is 0 Å². The molecule has 136 valence electrons. The third-order valence-corrected chi connectivity index (χ3v) is 8.84. The second kappa shape index (κ2) is 5.41. The lowest BCUT2D eigenvalue weighted by Gasteiger charge is -2.60. The van der Waals surface area contributed by atoms with E-state index in [1.807, 2.05) is 6.08 Å². The molecule has 2 heteroatoms. The summed E-state index contributed by atoms with van der Waals surface area (Å²) < 4.78 is 0. The lowest BCUT2D eigenvalue weighted by molar-refractivity contribution is -0.127. The van der Waals surface area contributed by atoms with Crippen LogP contribution >= 0.6 is 0 Å². The molecule has 4 aliphatic rings. The minimum absolute atomic E-state index is 0.0869. The van der Waals surface area contributed by atoms with Crippen molar-refractivity contribution in [2.24, 2.45) is 40.4 Å². The number of hydrogen-bond acceptors (Lipinski definition) is 2. The molecule has 2 nitrogen and oxygen atoms in total. The van der Waals surface area contributed by atoms with Gasteiger partial charge in [0.1, 0.15) is 5.78 Å². The molecule has 0 aromatic rings. The van der Waals surface area contributed by atoms with Crippen LogP contribution in [0.25, 0.3) is 0 Å². The zero-order valence-corrected chi connectivity index (χ0v) is 16.2. The van der Waals surface area contributed by atoms with E-state index in [-0.39, 0.29) is 16.7 Å². The van der Waals surface area contributed by atoms with Crippen LogP contribution in [-0.4, -0.2) is 11.6 Å². The van der Waals surface area contributed by atoms with Crippen molar-refractivity contribution < 1.29 is 9.59 Å². The Kier molecular flexibility index (Phi) is 3.73. The molecule has 0 aromatic carbocycles. The van der Waals surface area contributed by atoms with Gasteiger partial charge in [-0.1, -0.05) is 38.5 Å². The average Bonchev–Trinajstić information content (AvgIpc) is 2.85. The number of Topliss-reactive ketones (excluding diaryl/α,β-unsaturated/α-hetero) is 1.